The van der Waals surface area contributed by atoms with E-state index in [1.165, 1.54) is 0 Å². The van der Waals surface area contributed by atoms with E-state index >= 15 is 0 Å². The molecule has 0 heterocycles. The Bertz CT molecular complexity index is 756. The average molecular weight is 324 g/mol. The van der Waals surface area contributed by atoms with Gasteiger partial charge in [0.05, 0.1) is 16.5 Å². The van der Waals surface area contributed by atoms with Crippen LogP contribution in [0.1, 0.15) is 31.9 Å². The van der Waals surface area contributed by atoms with Crippen LogP contribution in [0, 0.1) is 11.3 Å². The number of nitrogens with zero attached hydrogens (tertiary/aromatic N) is 1. The number of rotatable bonds is 1. The molecule has 3 heteroatoms. The Hall–Kier alpha value is -2.18. The molecule has 0 saturated carbocycles. The number of hydrogen-bond acceptors (Lipinski definition) is 2. The van der Waals surface area contributed by atoms with E-state index < -0.39 is 0 Å². The summed E-state index contributed by atoms with van der Waals surface area (Å²) in [6.45, 7) is 0. The molecule has 1 aliphatic carbocycles. The van der Waals surface area contributed by atoms with Crippen molar-refractivity contribution >= 4 is 27.8 Å². The van der Waals surface area contributed by atoms with E-state index in [0.29, 0.717) is 16.7 Å². The summed E-state index contributed by atoms with van der Waals surface area (Å²) < 4.78 is 0. The van der Waals surface area contributed by atoms with Crippen LogP contribution in [-0.2, 0) is 0 Å². The van der Waals surface area contributed by atoms with E-state index in [0.717, 1.165) is 11.1 Å². The second-order valence-corrected chi connectivity index (χ2v) is 5.53. The van der Waals surface area contributed by atoms with Crippen molar-refractivity contribution in [2.75, 3.05) is 0 Å². The molecule has 2 aromatic rings. The minimum absolute atomic E-state index is 0.0233. The number of nitriles is 1. The summed E-state index contributed by atoms with van der Waals surface area (Å²) in [7, 11) is 0. The lowest BCUT2D eigenvalue weighted by Crippen LogP contribution is -1.95. The van der Waals surface area contributed by atoms with E-state index in [1.807, 2.05) is 36.4 Å². The SMILES string of the molecule is N#Cc1ccc2c(c1)C(Br)C(=Cc1ccccc1)C2=O. The third-order valence-electron chi connectivity index (χ3n) is 3.36. The van der Waals surface area contributed by atoms with Crippen LogP contribution in [0.3, 0.4) is 0 Å². The summed E-state index contributed by atoms with van der Waals surface area (Å²) in [5.74, 6) is 0.0233. The first-order valence-electron chi connectivity index (χ1n) is 6.20. The molecule has 0 fully saturated rings. The molecule has 3 rings (SSSR count). The van der Waals surface area contributed by atoms with Crippen LogP contribution in [0.4, 0.5) is 0 Å². The van der Waals surface area contributed by atoms with Gasteiger partial charge in [0.2, 0.25) is 0 Å². The normalized spacial score (nSPS) is 18.9. The van der Waals surface area contributed by atoms with Crippen LogP contribution in [-0.4, -0.2) is 5.78 Å². The zero-order valence-electron chi connectivity index (χ0n) is 10.5. The van der Waals surface area contributed by atoms with Crippen molar-refractivity contribution in [1.82, 2.24) is 0 Å². The summed E-state index contributed by atoms with van der Waals surface area (Å²) in [5, 5.41) is 8.96. The molecule has 0 amide bonds. The van der Waals surface area contributed by atoms with E-state index in [9.17, 15) is 4.79 Å². The molecular weight excluding hydrogens is 314 g/mol. The molecule has 0 bridgehead atoms. The Labute approximate surface area is 125 Å². The first kappa shape index (κ1) is 12.8. The molecule has 0 radical (unpaired) electrons. The monoisotopic (exact) mass is 323 g/mol. The first-order valence-corrected chi connectivity index (χ1v) is 7.12. The van der Waals surface area contributed by atoms with Gasteiger partial charge in [0.25, 0.3) is 0 Å². The van der Waals surface area contributed by atoms with Crippen molar-refractivity contribution in [3.05, 3.63) is 76.4 Å². The van der Waals surface area contributed by atoms with Crippen molar-refractivity contribution in [3.8, 4) is 6.07 Å². The van der Waals surface area contributed by atoms with Gasteiger partial charge in [-0.3, -0.25) is 4.79 Å². The maximum Gasteiger partial charge on any atom is 0.190 e. The molecule has 0 aromatic heterocycles. The molecule has 2 nitrogen and oxygen atoms in total. The number of halogens is 1. The van der Waals surface area contributed by atoms with Crippen molar-refractivity contribution in [2.24, 2.45) is 0 Å². The van der Waals surface area contributed by atoms with Gasteiger partial charge >= 0.3 is 0 Å². The van der Waals surface area contributed by atoms with E-state index in [-0.39, 0.29) is 10.6 Å². The molecule has 1 aliphatic rings. The fraction of sp³-hybridized carbons (Fsp3) is 0.0588. The summed E-state index contributed by atoms with van der Waals surface area (Å²) in [6, 6.07) is 17.0. The second kappa shape index (κ2) is 5.07. The standard InChI is InChI=1S/C17H10BrNO/c18-16-14-9-12(10-19)6-7-13(14)17(20)15(16)8-11-4-2-1-3-5-11/h1-9,16H. The Morgan fingerprint density at radius 3 is 2.60 bits per heavy atom. The summed E-state index contributed by atoms with van der Waals surface area (Å²) in [6.07, 6.45) is 1.90. The van der Waals surface area contributed by atoms with Crippen LogP contribution >= 0.6 is 15.9 Å². The van der Waals surface area contributed by atoms with Gasteiger partial charge in [0.15, 0.2) is 5.78 Å². The van der Waals surface area contributed by atoms with Crippen molar-refractivity contribution in [3.63, 3.8) is 0 Å². The van der Waals surface area contributed by atoms with Gasteiger partial charge in [-0.1, -0.05) is 46.3 Å². The Morgan fingerprint density at radius 1 is 1.15 bits per heavy atom. The number of carbonyl (C=O) groups is 1. The highest BCUT2D eigenvalue weighted by Crippen LogP contribution is 2.42. The summed E-state index contributed by atoms with van der Waals surface area (Å²) in [5.41, 5.74) is 3.82. The lowest BCUT2D eigenvalue weighted by Gasteiger charge is -2.03. The predicted molar refractivity (Wildman–Crippen MR) is 81.6 cm³/mol. The fourth-order valence-corrected chi connectivity index (χ4v) is 3.07. The zero-order valence-corrected chi connectivity index (χ0v) is 12.1. The third kappa shape index (κ3) is 2.09. The summed E-state index contributed by atoms with van der Waals surface area (Å²) >= 11 is 3.57. The molecule has 1 unspecified atom stereocenters. The van der Waals surface area contributed by atoms with Gasteiger partial charge < -0.3 is 0 Å². The maximum atomic E-state index is 12.4. The predicted octanol–water partition coefficient (Wildman–Crippen LogP) is 4.27. The quantitative estimate of drug-likeness (QED) is 0.580. The van der Waals surface area contributed by atoms with Gasteiger partial charge in [-0.05, 0) is 35.4 Å². The molecule has 1 atom stereocenters. The number of fused-ring (bicyclic) bond motifs is 1. The molecule has 0 saturated heterocycles. The molecule has 20 heavy (non-hydrogen) atoms. The van der Waals surface area contributed by atoms with Crippen LogP contribution in [0.25, 0.3) is 6.08 Å². The maximum absolute atomic E-state index is 12.4. The number of allylic oxidation sites excluding steroid dienone is 1. The third-order valence-corrected chi connectivity index (χ3v) is 4.34. The molecule has 0 aliphatic heterocycles. The first-order chi connectivity index (χ1) is 9.70. The van der Waals surface area contributed by atoms with Crippen molar-refractivity contribution in [2.45, 2.75) is 4.83 Å². The largest absolute Gasteiger partial charge is 0.289 e. The molecule has 96 valence electrons. The highest BCUT2D eigenvalue weighted by atomic mass is 79.9. The van der Waals surface area contributed by atoms with Crippen molar-refractivity contribution < 1.29 is 4.79 Å². The van der Waals surface area contributed by atoms with E-state index in [1.54, 1.807) is 18.2 Å². The lowest BCUT2D eigenvalue weighted by molar-refractivity contribution is 0.104. The highest BCUT2D eigenvalue weighted by Gasteiger charge is 2.32. The van der Waals surface area contributed by atoms with Gasteiger partial charge in [-0.2, -0.15) is 5.26 Å². The highest BCUT2D eigenvalue weighted by molar-refractivity contribution is 9.09. The molecular formula is C17H10BrNO. The summed E-state index contributed by atoms with van der Waals surface area (Å²) in [4.78, 5) is 12.3. The molecule has 0 N–H and O–H groups in total. The number of hydrogen-bond donors (Lipinski definition) is 0. The number of benzene rings is 2. The number of carbonyl (C=O) groups excluding carboxylic acids is 1. The lowest BCUT2D eigenvalue weighted by atomic mass is 10.1. The number of Topliss-reactive ketones (excluding diaryl/α,β-unsaturated/α-hetero) is 1. The Kier molecular flexibility index (Phi) is 3.25. The number of alkyl halides is 1. The number of ketones is 1. The van der Waals surface area contributed by atoms with Gasteiger partial charge in [-0.25, -0.2) is 0 Å². The van der Waals surface area contributed by atoms with Crippen LogP contribution < -0.4 is 0 Å². The van der Waals surface area contributed by atoms with Gasteiger partial charge in [-0.15, -0.1) is 0 Å². The molecule has 0 spiro atoms. The topological polar surface area (TPSA) is 40.9 Å². The van der Waals surface area contributed by atoms with Crippen LogP contribution in [0.2, 0.25) is 0 Å². The van der Waals surface area contributed by atoms with E-state index in [4.69, 9.17) is 5.26 Å². The second-order valence-electron chi connectivity index (χ2n) is 4.62. The molecule has 2 aromatic carbocycles. The van der Waals surface area contributed by atoms with E-state index in [2.05, 4.69) is 22.0 Å². The Balaban J connectivity index is 2.08. The van der Waals surface area contributed by atoms with Crippen LogP contribution in [0.15, 0.2) is 54.1 Å². The van der Waals surface area contributed by atoms with Crippen molar-refractivity contribution in [1.29, 1.82) is 5.26 Å². The fourth-order valence-electron chi connectivity index (χ4n) is 2.35. The minimum Gasteiger partial charge on any atom is -0.289 e. The zero-order chi connectivity index (χ0) is 14.1. The van der Waals surface area contributed by atoms with Gasteiger partial charge in [0.1, 0.15) is 0 Å². The smallest absolute Gasteiger partial charge is 0.190 e. The average Bonchev–Trinajstić information content (AvgIpc) is 2.73. The van der Waals surface area contributed by atoms with Crippen LogP contribution in [0.5, 0.6) is 0 Å². The van der Waals surface area contributed by atoms with Gasteiger partial charge in [0, 0.05) is 11.1 Å². The minimum atomic E-state index is -0.154. The Morgan fingerprint density at radius 2 is 1.90 bits per heavy atom.